The number of nitrogens with zero attached hydrogens (tertiary/aromatic N) is 1. The number of anilines is 1. The average molecular weight is 608 g/mol. The number of ether oxygens (including phenoxy) is 1. The van der Waals surface area contributed by atoms with E-state index in [-0.39, 0.29) is 12.2 Å². The number of nitrogens with one attached hydrogen (secondary N) is 2. The molecule has 0 fully saturated rings. The fourth-order valence-corrected chi connectivity index (χ4v) is 5.10. The molecule has 9 heteroatoms. The first kappa shape index (κ1) is 33.5. The Labute approximate surface area is 259 Å². The van der Waals surface area contributed by atoms with Gasteiger partial charge in [0.2, 0.25) is 5.91 Å². The largest absolute Gasteiger partial charge is 0.508 e. The lowest BCUT2D eigenvalue weighted by molar-refractivity contribution is -0.142. The smallest absolute Gasteiger partial charge is 0.408 e. The fraction of sp³-hybridized carbons (Fsp3) is 0.382. The van der Waals surface area contributed by atoms with Crippen molar-refractivity contribution in [3.05, 3.63) is 93.5 Å². The van der Waals surface area contributed by atoms with Gasteiger partial charge in [0.05, 0.1) is 10.7 Å². The molecule has 0 radical (unpaired) electrons. The second-order valence-corrected chi connectivity index (χ2v) is 12.5. The van der Waals surface area contributed by atoms with Crippen LogP contribution in [0.5, 0.6) is 5.75 Å². The number of para-hydroxylation sites is 1. The van der Waals surface area contributed by atoms with E-state index in [9.17, 15) is 19.5 Å². The quantitative estimate of drug-likeness (QED) is 0.242. The van der Waals surface area contributed by atoms with Crippen LogP contribution in [-0.2, 0) is 20.7 Å². The summed E-state index contributed by atoms with van der Waals surface area (Å²) < 4.78 is 5.49. The van der Waals surface area contributed by atoms with Crippen molar-refractivity contribution < 1.29 is 24.2 Å². The van der Waals surface area contributed by atoms with Crippen molar-refractivity contribution in [1.29, 1.82) is 0 Å². The molecule has 8 nitrogen and oxygen atoms in total. The van der Waals surface area contributed by atoms with E-state index in [2.05, 4.69) is 10.6 Å². The van der Waals surface area contributed by atoms with Gasteiger partial charge in [0.25, 0.3) is 5.91 Å². The molecule has 0 saturated heterocycles. The van der Waals surface area contributed by atoms with E-state index >= 15 is 0 Å². The monoisotopic (exact) mass is 607 g/mol. The molecule has 0 heterocycles. The van der Waals surface area contributed by atoms with Gasteiger partial charge in [-0.3, -0.25) is 9.59 Å². The minimum absolute atomic E-state index is 0.0806. The number of hydrogen-bond donors (Lipinski definition) is 3. The number of aromatic hydroxyl groups is 1. The molecule has 0 aliphatic heterocycles. The number of amides is 3. The van der Waals surface area contributed by atoms with E-state index in [1.807, 2.05) is 58.9 Å². The molecule has 3 N–H and O–H groups in total. The number of rotatable bonds is 9. The fourth-order valence-electron chi connectivity index (χ4n) is 4.83. The molecular weight excluding hydrogens is 566 g/mol. The van der Waals surface area contributed by atoms with Gasteiger partial charge >= 0.3 is 6.09 Å². The highest BCUT2D eigenvalue weighted by molar-refractivity contribution is 6.34. The first-order chi connectivity index (χ1) is 20.1. The first-order valence-corrected chi connectivity index (χ1v) is 14.7. The summed E-state index contributed by atoms with van der Waals surface area (Å²) in [6.07, 6.45) is -0.653. The molecule has 2 atom stereocenters. The molecule has 0 aromatic heterocycles. The Morgan fingerprint density at radius 3 is 2.19 bits per heavy atom. The summed E-state index contributed by atoms with van der Waals surface area (Å²) in [5.41, 5.74) is 3.57. The molecule has 0 aliphatic carbocycles. The Morgan fingerprint density at radius 2 is 1.60 bits per heavy atom. The summed E-state index contributed by atoms with van der Waals surface area (Å²) in [5.74, 6) is -0.824. The molecule has 3 aromatic carbocycles. The van der Waals surface area contributed by atoms with Crippen molar-refractivity contribution in [2.75, 3.05) is 5.32 Å². The zero-order chi connectivity index (χ0) is 32.1. The van der Waals surface area contributed by atoms with Crippen molar-refractivity contribution in [1.82, 2.24) is 10.2 Å². The maximum Gasteiger partial charge on any atom is 0.408 e. The summed E-state index contributed by atoms with van der Waals surface area (Å²) in [5, 5.41) is 15.9. The molecule has 0 spiro atoms. The van der Waals surface area contributed by atoms with Gasteiger partial charge in [0.15, 0.2) is 0 Å². The Hall–Kier alpha value is -4.04. The summed E-state index contributed by atoms with van der Waals surface area (Å²) in [6.45, 7) is 14.5. The molecule has 0 aliphatic rings. The van der Waals surface area contributed by atoms with Gasteiger partial charge in [-0.15, -0.1) is 0 Å². The van der Waals surface area contributed by atoms with Gasteiger partial charge in [-0.2, -0.15) is 0 Å². The third-order valence-electron chi connectivity index (χ3n) is 6.90. The number of halogens is 1. The van der Waals surface area contributed by atoms with E-state index in [0.29, 0.717) is 21.8 Å². The van der Waals surface area contributed by atoms with Crippen LogP contribution >= 0.6 is 11.6 Å². The van der Waals surface area contributed by atoms with Crippen molar-refractivity contribution in [2.24, 2.45) is 0 Å². The third kappa shape index (κ3) is 8.97. The van der Waals surface area contributed by atoms with Gasteiger partial charge in [-0.1, -0.05) is 59.6 Å². The van der Waals surface area contributed by atoms with Gasteiger partial charge in [0, 0.05) is 12.5 Å². The lowest BCUT2D eigenvalue weighted by Crippen LogP contribution is -2.55. The summed E-state index contributed by atoms with van der Waals surface area (Å²) in [7, 11) is 0. The number of phenols is 1. The van der Waals surface area contributed by atoms with Crippen LogP contribution in [0.1, 0.15) is 68.5 Å². The number of phenolic OH excluding ortho intramolecular Hbond substituents is 1. The van der Waals surface area contributed by atoms with Crippen LogP contribution in [-0.4, -0.2) is 45.6 Å². The van der Waals surface area contributed by atoms with Crippen molar-refractivity contribution >= 4 is 35.2 Å². The van der Waals surface area contributed by atoms with Gasteiger partial charge in [0.1, 0.15) is 23.4 Å². The number of benzene rings is 3. The van der Waals surface area contributed by atoms with Crippen LogP contribution < -0.4 is 10.6 Å². The topological polar surface area (TPSA) is 108 Å². The second kappa shape index (κ2) is 14.0. The van der Waals surface area contributed by atoms with Crippen LogP contribution in [0.2, 0.25) is 5.02 Å². The molecule has 2 unspecified atom stereocenters. The lowest BCUT2D eigenvalue weighted by Gasteiger charge is -2.38. The van der Waals surface area contributed by atoms with Gasteiger partial charge < -0.3 is 25.4 Å². The minimum atomic E-state index is -1.08. The maximum atomic E-state index is 14.6. The standard InChI is InChI=1S/C34H42ClN3O5/c1-20(2)38(32(41)28(36-33(42)43-34(6,7)8)19-24-14-16-25(39)17-15-24)30(26-18-21(3)12-13-22(26)4)31(40)37-29-23(5)10-9-11-27(29)35/h9-18,20,28,30,39H,19H2,1-8H3,(H,36,42)(H,37,40). The van der Waals surface area contributed by atoms with Crippen LogP contribution in [0.3, 0.4) is 0 Å². The molecule has 43 heavy (non-hydrogen) atoms. The molecular formula is C34H42ClN3O5. The molecule has 3 rings (SSSR count). The van der Waals surface area contributed by atoms with Crippen molar-refractivity contribution in [3.63, 3.8) is 0 Å². The zero-order valence-corrected chi connectivity index (χ0v) is 26.9. The summed E-state index contributed by atoms with van der Waals surface area (Å²) in [6, 6.07) is 14.9. The average Bonchev–Trinajstić information content (AvgIpc) is 2.90. The van der Waals surface area contributed by atoms with E-state index in [0.717, 1.165) is 16.7 Å². The second-order valence-electron chi connectivity index (χ2n) is 12.1. The molecule has 3 amide bonds. The predicted octanol–water partition coefficient (Wildman–Crippen LogP) is 7.02. The zero-order valence-electron chi connectivity index (χ0n) is 26.1. The highest BCUT2D eigenvalue weighted by Gasteiger charge is 2.39. The Kier molecular flexibility index (Phi) is 10.9. The third-order valence-corrected chi connectivity index (χ3v) is 7.22. The number of aryl methyl sites for hydroxylation is 3. The summed E-state index contributed by atoms with van der Waals surface area (Å²) in [4.78, 5) is 43.3. The van der Waals surface area contributed by atoms with E-state index in [1.54, 1.807) is 45.0 Å². The number of carbonyl (C=O) groups excluding carboxylic acids is 3. The van der Waals surface area contributed by atoms with E-state index < -0.39 is 41.6 Å². The lowest BCUT2D eigenvalue weighted by atomic mass is 9.94. The number of hydrogen-bond acceptors (Lipinski definition) is 5. The van der Waals surface area contributed by atoms with Crippen LogP contribution in [0, 0.1) is 20.8 Å². The Balaban J connectivity index is 2.13. The normalized spacial score (nSPS) is 12.8. The van der Waals surface area contributed by atoms with Crippen molar-refractivity contribution in [2.45, 2.75) is 85.5 Å². The molecule has 0 saturated carbocycles. The SMILES string of the molecule is Cc1ccc(C)c(C(C(=O)Nc2c(C)cccc2Cl)N(C(=O)C(Cc2ccc(O)cc2)NC(=O)OC(C)(C)C)C(C)C)c1. The predicted molar refractivity (Wildman–Crippen MR) is 170 cm³/mol. The Bertz CT molecular complexity index is 1440. The summed E-state index contributed by atoms with van der Waals surface area (Å²) >= 11 is 6.47. The maximum absolute atomic E-state index is 14.6. The van der Waals surface area contributed by atoms with Crippen LogP contribution in [0.25, 0.3) is 0 Å². The highest BCUT2D eigenvalue weighted by atomic mass is 35.5. The first-order valence-electron chi connectivity index (χ1n) is 14.3. The van der Waals surface area contributed by atoms with Crippen LogP contribution in [0.4, 0.5) is 10.5 Å². The van der Waals surface area contributed by atoms with Crippen LogP contribution in [0.15, 0.2) is 60.7 Å². The molecule has 230 valence electrons. The molecule has 3 aromatic rings. The highest BCUT2D eigenvalue weighted by Crippen LogP contribution is 2.32. The van der Waals surface area contributed by atoms with E-state index in [1.165, 1.54) is 17.0 Å². The Morgan fingerprint density at radius 1 is 0.953 bits per heavy atom. The van der Waals surface area contributed by atoms with Crippen molar-refractivity contribution in [3.8, 4) is 5.75 Å². The van der Waals surface area contributed by atoms with Gasteiger partial charge in [-0.05, 0) is 95.8 Å². The molecule has 0 bridgehead atoms. The minimum Gasteiger partial charge on any atom is -0.508 e. The van der Waals surface area contributed by atoms with E-state index in [4.69, 9.17) is 16.3 Å². The number of alkyl carbamates (subject to hydrolysis) is 1. The van der Waals surface area contributed by atoms with Gasteiger partial charge in [-0.25, -0.2) is 4.79 Å². The number of carbonyl (C=O) groups is 3.